The quantitative estimate of drug-likeness (QED) is 0.386. The minimum atomic E-state index is -1.15. The lowest BCUT2D eigenvalue weighted by atomic mass is 10.0. The number of ether oxygens (including phenoxy) is 1. The molecule has 1 amide bonds. The summed E-state index contributed by atoms with van der Waals surface area (Å²) < 4.78 is 5.45. The van der Waals surface area contributed by atoms with E-state index in [1.54, 1.807) is 41.1 Å². The van der Waals surface area contributed by atoms with Crippen LogP contribution in [0, 0.1) is 0 Å². The standard InChI is InChI=1S/C28H32N4O6/c1-30-14-16-32(17-15-30)28(37)38-21-10-8-20(9-11-21)18-22(27(35)36)29-23-24(26(34)25(23)33)31(2)13-12-19-6-4-3-5-7-19/h3-11,22,29H,12-18H2,1-2H3,(H,35,36)/t22-/m0/s1. The lowest BCUT2D eigenvalue weighted by molar-refractivity contribution is -0.137. The first-order chi connectivity index (χ1) is 18.2. The molecule has 10 nitrogen and oxygen atoms in total. The minimum Gasteiger partial charge on any atom is -0.480 e. The number of carboxylic acids is 1. The van der Waals surface area contributed by atoms with Crippen molar-refractivity contribution in [2.45, 2.75) is 18.9 Å². The Labute approximate surface area is 220 Å². The lowest BCUT2D eigenvalue weighted by Crippen LogP contribution is -2.48. The van der Waals surface area contributed by atoms with Crippen molar-refractivity contribution in [1.29, 1.82) is 0 Å². The van der Waals surface area contributed by atoms with Gasteiger partial charge in [0, 0.05) is 46.2 Å². The molecule has 0 aromatic heterocycles. The van der Waals surface area contributed by atoms with Gasteiger partial charge < -0.3 is 29.9 Å². The van der Waals surface area contributed by atoms with Gasteiger partial charge in [-0.25, -0.2) is 9.59 Å². The highest BCUT2D eigenvalue weighted by Crippen LogP contribution is 2.22. The van der Waals surface area contributed by atoms with E-state index >= 15 is 0 Å². The van der Waals surface area contributed by atoms with Crippen LogP contribution in [0.5, 0.6) is 5.75 Å². The van der Waals surface area contributed by atoms with Gasteiger partial charge in [0.1, 0.15) is 23.2 Å². The number of amides is 1. The Morgan fingerprint density at radius 1 is 0.974 bits per heavy atom. The number of hydrogen-bond acceptors (Lipinski definition) is 8. The highest BCUT2D eigenvalue weighted by molar-refractivity contribution is 5.83. The van der Waals surface area contributed by atoms with Gasteiger partial charge in [-0.3, -0.25) is 9.59 Å². The van der Waals surface area contributed by atoms with Crippen LogP contribution < -0.4 is 25.8 Å². The summed E-state index contributed by atoms with van der Waals surface area (Å²) in [6, 6.07) is 15.2. The number of benzene rings is 2. The normalized spacial score (nSPS) is 14.7. The third-order valence-electron chi connectivity index (χ3n) is 6.79. The van der Waals surface area contributed by atoms with Gasteiger partial charge in [0.2, 0.25) is 0 Å². The molecule has 1 atom stereocenters. The molecule has 3 aromatic rings. The maximum Gasteiger partial charge on any atom is 0.415 e. The van der Waals surface area contributed by atoms with Crippen molar-refractivity contribution in [1.82, 2.24) is 9.80 Å². The molecule has 200 valence electrons. The van der Waals surface area contributed by atoms with Crippen LogP contribution in [0.3, 0.4) is 0 Å². The smallest absolute Gasteiger partial charge is 0.415 e. The molecule has 0 radical (unpaired) electrons. The second kappa shape index (κ2) is 11.9. The maximum absolute atomic E-state index is 12.4. The van der Waals surface area contributed by atoms with Crippen LogP contribution in [-0.4, -0.2) is 79.8 Å². The largest absolute Gasteiger partial charge is 0.480 e. The summed E-state index contributed by atoms with van der Waals surface area (Å²) in [5, 5.41) is 12.6. The highest BCUT2D eigenvalue weighted by atomic mass is 16.6. The van der Waals surface area contributed by atoms with Gasteiger partial charge >= 0.3 is 12.1 Å². The Morgan fingerprint density at radius 2 is 1.63 bits per heavy atom. The van der Waals surface area contributed by atoms with Crippen LogP contribution in [0.1, 0.15) is 11.1 Å². The van der Waals surface area contributed by atoms with Crippen LogP contribution in [0.2, 0.25) is 0 Å². The molecule has 0 unspecified atom stereocenters. The van der Waals surface area contributed by atoms with Gasteiger partial charge in [-0.2, -0.15) is 0 Å². The van der Waals surface area contributed by atoms with Crippen molar-refractivity contribution in [2.24, 2.45) is 0 Å². The zero-order valence-corrected chi connectivity index (χ0v) is 21.6. The predicted molar refractivity (Wildman–Crippen MR) is 145 cm³/mol. The molecule has 0 spiro atoms. The molecule has 1 heterocycles. The van der Waals surface area contributed by atoms with Crippen molar-refractivity contribution < 1.29 is 19.4 Å². The molecular formula is C28H32N4O6. The molecule has 1 aliphatic heterocycles. The van der Waals surface area contributed by atoms with E-state index in [2.05, 4.69) is 10.2 Å². The molecule has 2 N–H and O–H groups in total. The molecule has 0 aliphatic carbocycles. The van der Waals surface area contributed by atoms with Crippen molar-refractivity contribution in [2.75, 3.05) is 57.0 Å². The molecule has 10 heteroatoms. The van der Waals surface area contributed by atoms with E-state index in [-0.39, 0.29) is 17.8 Å². The Morgan fingerprint density at radius 3 is 2.26 bits per heavy atom. The third kappa shape index (κ3) is 6.38. The summed E-state index contributed by atoms with van der Waals surface area (Å²) in [5.74, 6) is -0.788. The zero-order valence-electron chi connectivity index (χ0n) is 21.6. The first-order valence-corrected chi connectivity index (χ1v) is 12.5. The summed E-state index contributed by atoms with van der Waals surface area (Å²) >= 11 is 0. The number of carboxylic acid groups (broad SMARTS) is 1. The van der Waals surface area contributed by atoms with E-state index in [0.717, 1.165) is 18.7 Å². The van der Waals surface area contributed by atoms with E-state index in [4.69, 9.17) is 4.74 Å². The third-order valence-corrected chi connectivity index (χ3v) is 6.79. The van der Waals surface area contributed by atoms with Crippen molar-refractivity contribution in [3.8, 4) is 5.75 Å². The molecule has 1 fully saturated rings. The van der Waals surface area contributed by atoms with Crippen molar-refractivity contribution in [3.63, 3.8) is 0 Å². The summed E-state index contributed by atoms with van der Waals surface area (Å²) in [7, 11) is 3.71. The van der Waals surface area contributed by atoms with Crippen molar-refractivity contribution >= 4 is 23.4 Å². The second-order valence-corrected chi connectivity index (χ2v) is 9.58. The Hall–Kier alpha value is -4.18. The number of nitrogens with one attached hydrogen (secondary N) is 1. The highest BCUT2D eigenvalue weighted by Gasteiger charge is 2.29. The zero-order chi connectivity index (χ0) is 27.2. The summed E-state index contributed by atoms with van der Waals surface area (Å²) in [4.78, 5) is 54.5. The maximum atomic E-state index is 12.4. The van der Waals surface area contributed by atoms with Gasteiger partial charge in [-0.1, -0.05) is 42.5 Å². The number of hydrogen-bond donors (Lipinski definition) is 2. The van der Waals surface area contributed by atoms with Crippen LogP contribution >= 0.6 is 0 Å². The molecule has 3 aromatic carbocycles. The number of rotatable bonds is 10. The molecule has 38 heavy (non-hydrogen) atoms. The minimum absolute atomic E-state index is 0.0238. The van der Waals surface area contributed by atoms with E-state index in [0.29, 0.717) is 37.4 Å². The van der Waals surface area contributed by atoms with E-state index in [1.807, 2.05) is 37.4 Å². The molecule has 0 bridgehead atoms. The number of aliphatic carboxylic acids is 1. The fourth-order valence-electron chi connectivity index (χ4n) is 4.39. The van der Waals surface area contributed by atoms with Gasteiger partial charge in [-0.15, -0.1) is 0 Å². The summed E-state index contributed by atoms with van der Waals surface area (Å²) in [5.41, 5.74) is 0.636. The Kier molecular flexibility index (Phi) is 8.42. The Bertz CT molecular complexity index is 1330. The van der Waals surface area contributed by atoms with E-state index in [9.17, 15) is 24.3 Å². The van der Waals surface area contributed by atoms with Gasteiger partial charge in [0.15, 0.2) is 0 Å². The number of anilines is 2. The van der Waals surface area contributed by atoms with E-state index < -0.39 is 29.0 Å². The number of nitrogens with zero attached hydrogens (tertiary/aromatic N) is 3. The number of likely N-dealkylation sites (N-methyl/N-ethyl adjacent to an activating group) is 2. The second-order valence-electron chi connectivity index (χ2n) is 9.58. The van der Waals surface area contributed by atoms with Crippen LogP contribution in [-0.2, 0) is 17.6 Å². The molecule has 4 rings (SSSR count). The summed E-state index contributed by atoms with van der Waals surface area (Å²) in [6.07, 6.45) is 0.317. The molecule has 1 saturated heterocycles. The van der Waals surface area contributed by atoms with Crippen LogP contribution in [0.4, 0.5) is 16.2 Å². The topological polar surface area (TPSA) is 119 Å². The Balaban J connectivity index is 1.37. The predicted octanol–water partition coefficient (Wildman–Crippen LogP) is 1.82. The SMILES string of the molecule is CN1CCN(C(=O)Oc2ccc(C[C@H](Nc3c(N(C)CCc4ccccc4)c(=O)c3=O)C(=O)O)cc2)CC1. The van der Waals surface area contributed by atoms with E-state index in [1.165, 1.54) is 0 Å². The monoisotopic (exact) mass is 520 g/mol. The lowest BCUT2D eigenvalue weighted by Gasteiger charge is -2.31. The van der Waals surface area contributed by atoms with Gasteiger partial charge in [0.25, 0.3) is 10.9 Å². The first-order valence-electron chi connectivity index (χ1n) is 12.5. The first kappa shape index (κ1) is 26.9. The number of carbonyl (C=O) groups excluding carboxylic acids is 1. The molecule has 1 aliphatic rings. The average Bonchev–Trinajstić information content (AvgIpc) is 2.92. The molecule has 0 saturated carbocycles. The van der Waals surface area contributed by atoms with Gasteiger partial charge in [-0.05, 0) is 36.7 Å². The number of piperazine rings is 1. The average molecular weight is 521 g/mol. The summed E-state index contributed by atoms with van der Waals surface area (Å²) in [6.45, 7) is 3.26. The van der Waals surface area contributed by atoms with Crippen LogP contribution in [0.15, 0.2) is 64.2 Å². The van der Waals surface area contributed by atoms with Crippen molar-refractivity contribution in [3.05, 3.63) is 86.2 Å². The van der Waals surface area contributed by atoms with Gasteiger partial charge in [0.05, 0.1) is 0 Å². The van der Waals surface area contributed by atoms with Crippen LogP contribution in [0.25, 0.3) is 0 Å². The fourth-order valence-corrected chi connectivity index (χ4v) is 4.39. The number of carbonyl (C=O) groups is 2. The fraction of sp³-hybridized carbons (Fsp3) is 0.357. The molecular weight excluding hydrogens is 488 g/mol.